The minimum absolute atomic E-state index is 0.0375. The molecule has 3 aromatic rings. The van der Waals surface area contributed by atoms with E-state index in [0.29, 0.717) is 40.1 Å². The molecule has 0 bridgehead atoms. The third-order valence-electron chi connectivity index (χ3n) is 4.67. The fraction of sp³-hybridized carbons (Fsp3) is 0.500. The van der Waals surface area contributed by atoms with Crippen LogP contribution < -0.4 is 5.56 Å². The highest BCUT2D eigenvalue weighted by molar-refractivity contribution is 7.98. The largest absolute Gasteiger partial charge is 0.424 e. The van der Waals surface area contributed by atoms with E-state index in [4.69, 9.17) is 14.1 Å². The minimum Gasteiger partial charge on any atom is -0.424 e. The molecule has 1 saturated heterocycles. The Morgan fingerprint density at radius 1 is 1.25 bits per heavy atom. The van der Waals surface area contributed by atoms with Crippen LogP contribution in [0.3, 0.4) is 0 Å². The Bertz CT molecular complexity index is 1030. The van der Waals surface area contributed by atoms with E-state index in [2.05, 4.69) is 10.2 Å². The normalized spacial score (nSPS) is 17.5. The van der Waals surface area contributed by atoms with Crippen LogP contribution in [-0.4, -0.2) is 32.5 Å². The first-order chi connectivity index (χ1) is 13.4. The molecule has 1 aliphatic heterocycles. The van der Waals surface area contributed by atoms with Crippen molar-refractivity contribution >= 4 is 22.7 Å². The molecule has 0 radical (unpaired) electrons. The second kappa shape index (κ2) is 7.67. The summed E-state index contributed by atoms with van der Waals surface area (Å²) in [7, 11) is 0. The number of ether oxygens (including phenoxy) is 1. The van der Waals surface area contributed by atoms with Gasteiger partial charge in [0.25, 0.3) is 5.56 Å². The standard InChI is InChI=1S/C20H24N4O3S/c1-20(2,3)18-23-22-16(27-18)12-28-19-21-15-9-5-4-8-14(15)17(25)24(19)11-13-7-6-10-26-13/h4-5,8-9,13H,6-7,10-12H2,1-3H3/t13-/m0/s1. The zero-order valence-electron chi connectivity index (χ0n) is 16.3. The van der Waals surface area contributed by atoms with Crippen molar-refractivity contribution in [2.75, 3.05) is 6.61 Å². The van der Waals surface area contributed by atoms with Gasteiger partial charge in [-0.1, -0.05) is 44.7 Å². The summed E-state index contributed by atoms with van der Waals surface area (Å²) >= 11 is 1.44. The average molecular weight is 401 g/mol. The number of hydrogen-bond donors (Lipinski definition) is 0. The quantitative estimate of drug-likeness (QED) is 0.478. The average Bonchev–Trinajstić information content (AvgIpc) is 3.34. The van der Waals surface area contributed by atoms with Gasteiger partial charge in [0.1, 0.15) is 0 Å². The lowest BCUT2D eigenvalue weighted by Crippen LogP contribution is -2.28. The third-order valence-corrected chi connectivity index (χ3v) is 5.63. The summed E-state index contributed by atoms with van der Waals surface area (Å²) < 4.78 is 13.2. The maximum absolute atomic E-state index is 13.1. The highest BCUT2D eigenvalue weighted by Gasteiger charge is 2.23. The van der Waals surface area contributed by atoms with Crippen LogP contribution >= 0.6 is 11.8 Å². The second-order valence-corrected chi connectivity index (χ2v) is 8.94. The predicted molar refractivity (Wildman–Crippen MR) is 108 cm³/mol. The first kappa shape index (κ1) is 19.1. The molecule has 0 saturated carbocycles. The molecule has 148 valence electrons. The molecule has 0 spiro atoms. The van der Waals surface area contributed by atoms with Gasteiger partial charge < -0.3 is 9.15 Å². The van der Waals surface area contributed by atoms with Crippen molar-refractivity contribution in [2.24, 2.45) is 0 Å². The van der Waals surface area contributed by atoms with Gasteiger partial charge in [-0.25, -0.2) is 4.98 Å². The Morgan fingerprint density at radius 2 is 2.07 bits per heavy atom. The molecule has 1 aromatic carbocycles. The molecule has 7 nitrogen and oxygen atoms in total. The molecular formula is C20H24N4O3S. The van der Waals surface area contributed by atoms with Gasteiger partial charge in [-0.3, -0.25) is 9.36 Å². The van der Waals surface area contributed by atoms with Gasteiger partial charge in [0.2, 0.25) is 11.8 Å². The van der Waals surface area contributed by atoms with Gasteiger partial charge in [-0.05, 0) is 25.0 Å². The van der Waals surface area contributed by atoms with E-state index < -0.39 is 0 Å². The molecule has 28 heavy (non-hydrogen) atoms. The van der Waals surface area contributed by atoms with Crippen molar-refractivity contribution < 1.29 is 9.15 Å². The third kappa shape index (κ3) is 3.98. The summed E-state index contributed by atoms with van der Waals surface area (Å²) in [5, 5.41) is 9.54. The van der Waals surface area contributed by atoms with Crippen molar-refractivity contribution in [3.8, 4) is 0 Å². The fourth-order valence-electron chi connectivity index (χ4n) is 3.15. The SMILES string of the molecule is CC(C)(C)c1nnc(CSc2nc3ccccc3c(=O)n2C[C@@H]2CCCO2)o1. The Balaban J connectivity index is 1.64. The van der Waals surface area contributed by atoms with E-state index in [1.807, 2.05) is 45.0 Å². The van der Waals surface area contributed by atoms with Gasteiger partial charge in [-0.2, -0.15) is 0 Å². The number of nitrogens with zero attached hydrogens (tertiary/aromatic N) is 4. The van der Waals surface area contributed by atoms with Gasteiger partial charge in [0, 0.05) is 12.0 Å². The summed E-state index contributed by atoms with van der Waals surface area (Å²) in [5.41, 5.74) is 0.461. The molecule has 1 aliphatic rings. The number of aromatic nitrogens is 4. The molecule has 1 atom stereocenters. The van der Waals surface area contributed by atoms with Crippen molar-refractivity contribution in [2.45, 2.75) is 62.6 Å². The highest BCUT2D eigenvalue weighted by atomic mass is 32.2. The van der Waals surface area contributed by atoms with Gasteiger partial charge in [0.05, 0.1) is 29.3 Å². The molecule has 0 amide bonds. The number of para-hydroxylation sites is 1. The highest BCUT2D eigenvalue weighted by Crippen LogP contribution is 2.26. The first-order valence-electron chi connectivity index (χ1n) is 9.48. The number of hydrogen-bond acceptors (Lipinski definition) is 7. The van der Waals surface area contributed by atoms with Gasteiger partial charge in [-0.15, -0.1) is 10.2 Å². The van der Waals surface area contributed by atoms with Crippen LogP contribution in [0.25, 0.3) is 10.9 Å². The predicted octanol–water partition coefficient (Wildman–Crippen LogP) is 3.55. The fourth-order valence-corrected chi connectivity index (χ4v) is 4.00. The zero-order chi connectivity index (χ0) is 19.7. The summed E-state index contributed by atoms with van der Waals surface area (Å²) in [6.45, 7) is 7.35. The van der Waals surface area contributed by atoms with E-state index in [1.165, 1.54) is 11.8 Å². The Kier molecular flexibility index (Phi) is 5.25. The monoisotopic (exact) mass is 400 g/mol. The van der Waals surface area contributed by atoms with Crippen molar-refractivity contribution in [1.29, 1.82) is 0 Å². The van der Waals surface area contributed by atoms with Crippen molar-refractivity contribution in [3.05, 3.63) is 46.4 Å². The Labute approximate surface area is 167 Å². The molecule has 0 aliphatic carbocycles. The lowest BCUT2D eigenvalue weighted by molar-refractivity contribution is 0.0937. The molecule has 2 aromatic heterocycles. The summed E-state index contributed by atoms with van der Waals surface area (Å²) in [6.07, 6.45) is 2.04. The zero-order valence-corrected chi connectivity index (χ0v) is 17.2. The van der Waals surface area contributed by atoms with Crippen molar-refractivity contribution in [1.82, 2.24) is 19.7 Å². The van der Waals surface area contributed by atoms with E-state index in [-0.39, 0.29) is 17.1 Å². The number of rotatable bonds is 5. The molecule has 4 rings (SSSR count). The molecule has 8 heteroatoms. The number of thioether (sulfide) groups is 1. The number of benzene rings is 1. The summed E-state index contributed by atoms with van der Waals surface area (Å²) in [6, 6.07) is 7.43. The van der Waals surface area contributed by atoms with E-state index in [0.717, 1.165) is 19.4 Å². The van der Waals surface area contributed by atoms with Crippen LogP contribution in [0, 0.1) is 0 Å². The Hall–Kier alpha value is -2.19. The summed E-state index contributed by atoms with van der Waals surface area (Å²) in [4.78, 5) is 17.8. The van der Waals surface area contributed by atoms with E-state index in [9.17, 15) is 4.79 Å². The molecule has 0 unspecified atom stereocenters. The molecule has 1 fully saturated rings. The van der Waals surface area contributed by atoms with Crippen LogP contribution in [-0.2, 0) is 22.4 Å². The molecule has 0 N–H and O–H groups in total. The van der Waals surface area contributed by atoms with E-state index in [1.54, 1.807) is 4.57 Å². The minimum atomic E-state index is -0.195. The smallest absolute Gasteiger partial charge is 0.262 e. The maximum Gasteiger partial charge on any atom is 0.262 e. The van der Waals surface area contributed by atoms with Crippen LogP contribution in [0.2, 0.25) is 0 Å². The van der Waals surface area contributed by atoms with Crippen LogP contribution in [0.5, 0.6) is 0 Å². The molecular weight excluding hydrogens is 376 g/mol. The van der Waals surface area contributed by atoms with E-state index >= 15 is 0 Å². The summed E-state index contributed by atoms with van der Waals surface area (Å²) in [5.74, 6) is 1.59. The first-order valence-corrected chi connectivity index (χ1v) is 10.5. The van der Waals surface area contributed by atoms with Gasteiger partial charge in [0.15, 0.2) is 5.16 Å². The maximum atomic E-state index is 13.1. The Morgan fingerprint density at radius 3 is 2.79 bits per heavy atom. The van der Waals surface area contributed by atoms with Crippen LogP contribution in [0.15, 0.2) is 38.6 Å². The van der Waals surface area contributed by atoms with Crippen LogP contribution in [0.1, 0.15) is 45.4 Å². The van der Waals surface area contributed by atoms with Crippen molar-refractivity contribution in [3.63, 3.8) is 0 Å². The van der Waals surface area contributed by atoms with Crippen LogP contribution in [0.4, 0.5) is 0 Å². The second-order valence-electron chi connectivity index (χ2n) is 8.00. The lowest BCUT2D eigenvalue weighted by atomic mass is 9.97. The van der Waals surface area contributed by atoms with Gasteiger partial charge >= 0.3 is 0 Å². The molecule has 3 heterocycles. The topological polar surface area (TPSA) is 83.0 Å². The lowest BCUT2D eigenvalue weighted by Gasteiger charge is -2.16. The number of fused-ring (bicyclic) bond motifs is 1.